The topological polar surface area (TPSA) is 81.0 Å². The minimum atomic E-state index is -0.409. The lowest BCUT2D eigenvalue weighted by Crippen LogP contribution is -2.05. The first-order chi connectivity index (χ1) is 9.24. The Labute approximate surface area is 110 Å². The molecule has 1 heterocycles. The summed E-state index contributed by atoms with van der Waals surface area (Å²) in [6.45, 7) is 2.78. The fourth-order valence-electron chi connectivity index (χ4n) is 1.74. The van der Waals surface area contributed by atoms with E-state index >= 15 is 0 Å². The van der Waals surface area contributed by atoms with Crippen molar-refractivity contribution in [3.63, 3.8) is 0 Å². The first-order valence-electron chi connectivity index (χ1n) is 6.02. The zero-order valence-electron chi connectivity index (χ0n) is 10.5. The molecule has 6 heteroatoms. The second-order valence-electron chi connectivity index (χ2n) is 3.95. The molecule has 0 saturated heterocycles. The first kappa shape index (κ1) is 12.9. The highest BCUT2D eigenvalue weighted by atomic mass is 16.6. The third-order valence-corrected chi connectivity index (χ3v) is 2.60. The van der Waals surface area contributed by atoms with Gasteiger partial charge in [-0.3, -0.25) is 15.1 Å². The Bertz CT molecular complexity index is 586. The van der Waals surface area contributed by atoms with Gasteiger partial charge in [0.2, 0.25) is 0 Å². The molecule has 98 valence electrons. The van der Waals surface area contributed by atoms with Crippen molar-refractivity contribution in [1.82, 2.24) is 9.97 Å². The Balaban J connectivity index is 2.50. The van der Waals surface area contributed by atoms with Crippen molar-refractivity contribution in [3.8, 4) is 11.3 Å². The number of aromatic nitrogens is 2. The summed E-state index contributed by atoms with van der Waals surface area (Å²) in [4.78, 5) is 19.1. The smallest absolute Gasteiger partial charge is 0.278 e. The van der Waals surface area contributed by atoms with E-state index in [1.807, 2.05) is 6.92 Å². The van der Waals surface area contributed by atoms with Crippen molar-refractivity contribution in [2.75, 3.05) is 11.9 Å². The van der Waals surface area contributed by atoms with Crippen molar-refractivity contribution < 1.29 is 4.92 Å². The number of benzene rings is 1. The van der Waals surface area contributed by atoms with E-state index in [9.17, 15) is 10.1 Å². The molecule has 0 unspecified atom stereocenters. The average molecular weight is 258 g/mol. The van der Waals surface area contributed by atoms with E-state index < -0.39 is 4.92 Å². The summed E-state index contributed by atoms with van der Waals surface area (Å²) in [5.74, 6) is 0.568. The molecular weight excluding hydrogens is 244 g/mol. The number of hydrogen-bond donors (Lipinski definition) is 1. The molecule has 0 bridgehead atoms. The Morgan fingerprint density at radius 2 is 2.00 bits per heavy atom. The van der Waals surface area contributed by atoms with E-state index in [1.165, 1.54) is 12.3 Å². The lowest BCUT2D eigenvalue weighted by Gasteiger charge is -2.09. The molecule has 0 amide bonds. The molecular formula is C13H14N4O2. The van der Waals surface area contributed by atoms with Crippen LogP contribution in [0.1, 0.15) is 13.3 Å². The fourth-order valence-corrected chi connectivity index (χ4v) is 1.74. The van der Waals surface area contributed by atoms with Crippen molar-refractivity contribution in [3.05, 3.63) is 46.8 Å². The van der Waals surface area contributed by atoms with Crippen LogP contribution in [0.15, 0.2) is 36.7 Å². The molecule has 0 saturated carbocycles. The normalized spacial score (nSPS) is 10.2. The van der Waals surface area contributed by atoms with Gasteiger partial charge < -0.3 is 5.32 Å². The molecule has 0 atom stereocenters. The SMILES string of the molecule is CCCNc1nccnc1-c1ccccc1[N+](=O)[O-]. The average Bonchev–Trinajstić information content (AvgIpc) is 2.45. The highest BCUT2D eigenvalue weighted by molar-refractivity contribution is 5.78. The predicted octanol–water partition coefficient (Wildman–Crippen LogP) is 2.87. The number of nitro groups is 1. The van der Waals surface area contributed by atoms with Crippen molar-refractivity contribution in [2.24, 2.45) is 0 Å². The summed E-state index contributed by atoms with van der Waals surface area (Å²) >= 11 is 0. The Hall–Kier alpha value is -2.50. The largest absolute Gasteiger partial charge is 0.368 e. The van der Waals surface area contributed by atoms with Gasteiger partial charge in [-0.25, -0.2) is 4.98 Å². The van der Waals surface area contributed by atoms with Crippen LogP contribution in [0, 0.1) is 10.1 Å². The first-order valence-corrected chi connectivity index (χ1v) is 6.02. The number of para-hydroxylation sites is 1. The molecule has 1 N–H and O–H groups in total. The highest BCUT2D eigenvalue weighted by Gasteiger charge is 2.18. The summed E-state index contributed by atoms with van der Waals surface area (Å²) in [5, 5.41) is 14.2. The number of rotatable bonds is 5. The van der Waals surface area contributed by atoms with E-state index in [0.29, 0.717) is 17.1 Å². The van der Waals surface area contributed by atoms with Gasteiger partial charge in [0.1, 0.15) is 5.69 Å². The van der Waals surface area contributed by atoms with Crippen LogP contribution >= 0.6 is 0 Å². The summed E-state index contributed by atoms with van der Waals surface area (Å²) in [5.41, 5.74) is 1.00. The van der Waals surface area contributed by atoms with E-state index in [4.69, 9.17) is 0 Å². The standard InChI is InChI=1S/C13H14N4O2/c1-2-7-15-13-12(14-8-9-16-13)10-5-3-4-6-11(10)17(18)19/h3-6,8-9H,2,7H2,1H3,(H,15,16). The van der Waals surface area contributed by atoms with Crippen LogP contribution < -0.4 is 5.32 Å². The predicted molar refractivity (Wildman–Crippen MR) is 72.9 cm³/mol. The van der Waals surface area contributed by atoms with Gasteiger partial charge in [-0.05, 0) is 12.5 Å². The lowest BCUT2D eigenvalue weighted by atomic mass is 10.1. The fraction of sp³-hybridized carbons (Fsp3) is 0.231. The van der Waals surface area contributed by atoms with Crippen LogP contribution in [-0.4, -0.2) is 21.4 Å². The molecule has 0 spiro atoms. The number of nitrogens with one attached hydrogen (secondary N) is 1. The summed E-state index contributed by atoms with van der Waals surface area (Å²) < 4.78 is 0. The summed E-state index contributed by atoms with van der Waals surface area (Å²) in [6.07, 6.45) is 4.03. The van der Waals surface area contributed by atoms with Crippen LogP contribution in [0.25, 0.3) is 11.3 Å². The van der Waals surface area contributed by atoms with E-state index in [0.717, 1.165) is 13.0 Å². The zero-order valence-corrected chi connectivity index (χ0v) is 10.5. The van der Waals surface area contributed by atoms with Crippen LogP contribution in [0.4, 0.5) is 11.5 Å². The van der Waals surface area contributed by atoms with Crippen LogP contribution in [0.3, 0.4) is 0 Å². The van der Waals surface area contributed by atoms with Gasteiger partial charge in [-0.1, -0.05) is 19.1 Å². The lowest BCUT2D eigenvalue weighted by molar-refractivity contribution is -0.384. The Morgan fingerprint density at radius 1 is 1.26 bits per heavy atom. The number of hydrogen-bond acceptors (Lipinski definition) is 5. The minimum Gasteiger partial charge on any atom is -0.368 e. The van der Waals surface area contributed by atoms with E-state index in [-0.39, 0.29) is 5.69 Å². The molecule has 0 fully saturated rings. The maximum atomic E-state index is 11.1. The van der Waals surface area contributed by atoms with Crippen molar-refractivity contribution in [2.45, 2.75) is 13.3 Å². The Kier molecular flexibility index (Phi) is 4.02. The maximum Gasteiger partial charge on any atom is 0.278 e. The second-order valence-corrected chi connectivity index (χ2v) is 3.95. The van der Waals surface area contributed by atoms with Crippen LogP contribution in [-0.2, 0) is 0 Å². The molecule has 0 aliphatic rings. The van der Waals surface area contributed by atoms with Gasteiger partial charge in [0.15, 0.2) is 5.82 Å². The number of anilines is 1. The van der Waals surface area contributed by atoms with Crippen LogP contribution in [0.2, 0.25) is 0 Å². The highest BCUT2D eigenvalue weighted by Crippen LogP contribution is 2.31. The molecule has 2 aromatic rings. The van der Waals surface area contributed by atoms with E-state index in [2.05, 4.69) is 15.3 Å². The maximum absolute atomic E-state index is 11.1. The molecule has 0 aliphatic heterocycles. The van der Waals surface area contributed by atoms with Gasteiger partial charge in [0, 0.05) is 25.0 Å². The molecule has 0 radical (unpaired) electrons. The zero-order chi connectivity index (χ0) is 13.7. The summed E-state index contributed by atoms with van der Waals surface area (Å²) in [7, 11) is 0. The van der Waals surface area contributed by atoms with Gasteiger partial charge in [0.25, 0.3) is 5.69 Å². The van der Waals surface area contributed by atoms with Gasteiger partial charge in [-0.2, -0.15) is 0 Å². The van der Waals surface area contributed by atoms with Gasteiger partial charge in [-0.15, -0.1) is 0 Å². The molecule has 1 aromatic heterocycles. The number of nitrogens with zero attached hydrogens (tertiary/aromatic N) is 3. The second kappa shape index (κ2) is 5.90. The van der Waals surface area contributed by atoms with Crippen molar-refractivity contribution >= 4 is 11.5 Å². The molecule has 2 rings (SSSR count). The quantitative estimate of drug-likeness (QED) is 0.658. The monoisotopic (exact) mass is 258 g/mol. The third kappa shape index (κ3) is 2.85. The minimum absolute atomic E-state index is 0.0301. The Morgan fingerprint density at radius 3 is 2.74 bits per heavy atom. The molecule has 1 aromatic carbocycles. The van der Waals surface area contributed by atoms with Gasteiger partial charge >= 0.3 is 0 Å². The summed E-state index contributed by atoms with van der Waals surface area (Å²) in [6, 6.07) is 6.53. The molecule has 0 aliphatic carbocycles. The van der Waals surface area contributed by atoms with Crippen molar-refractivity contribution in [1.29, 1.82) is 0 Å². The third-order valence-electron chi connectivity index (χ3n) is 2.60. The molecule has 6 nitrogen and oxygen atoms in total. The van der Waals surface area contributed by atoms with E-state index in [1.54, 1.807) is 24.4 Å². The molecule has 19 heavy (non-hydrogen) atoms. The number of nitro benzene ring substituents is 1. The van der Waals surface area contributed by atoms with Gasteiger partial charge in [0.05, 0.1) is 10.5 Å². The van der Waals surface area contributed by atoms with Crippen LogP contribution in [0.5, 0.6) is 0 Å².